The number of carbonyl (C=O) groups is 1. The predicted molar refractivity (Wildman–Crippen MR) is 50.3 cm³/mol. The van der Waals surface area contributed by atoms with E-state index in [1.165, 1.54) is 0 Å². The molecule has 0 bridgehead atoms. The molecule has 0 aliphatic rings. The van der Waals surface area contributed by atoms with Crippen LogP contribution in [0.25, 0.3) is 0 Å². The Hall–Kier alpha value is -0.490. The van der Waals surface area contributed by atoms with E-state index in [9.17, 15) is 13.6 Å². The van der Waals surface area contributed by atoms with Gasteiger partial charge in [0, 0.05) is 6.07 Å². The highest BCUT2D eigenvalue weighted by atomic mass is 79.9. The second-order valence-electron chi connectivity index (χ2n) is 2.21. The maximum atomic E-state index is 13.0. The second kappa shape index (κ2) is 3.71. The molecule has 70 valence electrons. The fourth-order valence-corrected chi connectivity index (χ4v) is 1.68. The van der Waals surface area contributed by atoms with Gasteiger partial charge in [0.2, 0.25) is 0 Å². The summed E-state index contributed by atoms with van der Waals surface area (Å²) < 4.78 is 25.7. The highest BCUT2D eigenvalue weighted by Crippen LogP contribution is 2.31. The third-order valence-electron chi connectivity index (χ3n) is 1.36. The molecule has 0 fully saturated rings. The zero-order chi connectivity index (χ0) is 10.2. The van der Waals surface area contributed by atoms with E-state index < -0.39 is 17.5 Å². The number of halogens is 4. The minimum Gasteiger partial charge on any atom is -0.365 e. The van der Waals surface area contributed by atoms with E-state index in [2.05, 4.69) is 31.9 Å². The Morgan fingerprint density at radius 1 is 1.23 bits per heavy atom. The van der Waals surface area contributed by atoms with Gasteiger partial charge < -0.3 is 5.73 Å². The monoisotopic (exact) mass is 313 g/mol. The molecule has 6 heteroatoms. The van der Waals surface area contributed by atoms with Crippen LogP contribution in [0.3, 0.4) is 0 Å². The lowest BCUT2D eigenvalue weighted by Gasteiger charge is -2.04. The molecule has 1 aromatic carbocycles. The van der Waals surface area contributed by atoms with Crippen LogP contribution in [0.2, 0.25) is 0 Å². The third-order valence-corrected chi connectivity index (χ3v) is 3.46. The van der Waals surface area contributed by atoms with Gasteiger partial charge in [-0.1, -0.05) is 0 Å². The molecule has 1 rings (SSSR count). The zero-order valence-electron chi connectivity index (χ0n) is 6.07. The van der Waals surface area contributed by atoms with Crippen LogP contribution in [0, 0.1) is 11.6 Å². The van der Waals surface area contributed by atoms with Gasteiger partial charge in [0.15, 0.2) is 0 Å². The van der Waals surface area contributed by atoms with Gasteiger partial charge in [-0.2, -0.15) is 0 Å². The summed E-state index contributed by atoms with van der Waals surface area (Å²) in [5.41, 5.74) is 4.51. The van der Waals surface area contributed by atoms with Crippen molar-refractivity contribution in [1.82, 2.24) is 0 Å². The third kappa shape index (κ3) is 1.88. The van der Waals surface area contributed by atoms with Gasteiger partial charge in [0.25, 0.3) is 5.91 Å². The molecule has 0 aliphatic heterocycles. The Balaban J connectivity index is 3.53. The minimum atomic E-state index is -0.986. The van der Waals surface area contributed by atoms with Crippen molar-refractivity contribution in [3.63, 3.8) is 0 Å². The van der Waals surface area contributed by atoms with Crippen LogP contribution < -0.4 is 5.73 Å². The van der Waals surface area contributed by atoms with Crippen LogP contribution in [-0.2, 0) is 0 Å². The fraction of sp³-hybridized carbons (Fsp3) is 0. The number of carbonyl (C=O) groups excluding carboxylic acids is 1. The number of hydrogen-bond acceptors (Lipinski definition) is 1. The maximum Gasteiger partial charge on any atom is 0.252 e. The number of nitrogens with two attached hydrogens (primary N) is 1. The molecule has 0 heterocycles. The number of rotatable bonds is 1. The molecular weight excluding hydrogens is 312 g/mol. The van der Waals surface area contributed by atoms with Gasteiger partial charge in [-0.25, -0.2) is 8.78 Å². The maximum absolute atomic E-state index is 13.0. The molecule has 0 spiro atoms. The number of amides is 1. The zero-order valence-corrected chi connectivity index (χ0v) is 9.25. The molecule has 1 amide bonds. The van der Waals surface area contributed by atoms with Gasteiger partial charge in [0.1, 0.15) is 11.6 Å². The smallest absolute Gasteiger partial charge is 0.252 e. The van der Waals surface area contributed by atoms with E-state index in [4.69, 9.17) is 5.73 Å². The van der Waals surface area contributed by atoms with Crippen LogP contribution in [0.1, 0.15) is 10.4 Å². The number of hydrogen-bond donors (Lipinski definition) is 1. The topological polar surface area (TPSA) is 43.1 Å². The second-order valence-corrected chi connectivity index (χ2v) is 3.79. The van der Waals surface area contributed by atoms with Crippen molar-refractivity contribution in [2.75, 3.05) is 0 Å². The summed E-state index contributed by atoms with van der Waals surface area (Å²) in [7, 11) is 0. The standard InChI is InChI=1S/C7H3Br2F2NO/c8-5-3(11)1-2(10)4(6(5)9)7(12)13/h1H,(H2,12,13). The number of benzene rings is 1. The average Bonchev–Trinajstić information content (AvgIpc) is 1.99. The SMILES string of the molecule is NC(=O)c1c(F)cc(F)c(Br)c1Br. The largest absolute Gasteiger partial charge is 0.365 e. The van der Waals surface area contributed by atoms with E-state index in [1.807, 2.05) is 0 Å². The van der Waals surface area contributed by atoms with Crippen molar-refractivity contribution in [3.05, 3.63) is 32.2 Å². The molecule has 2 nitrogen and oxygen atoms in total. The summed E-state index contributed by atoms with van der Waals surface area (Å²) >= 11 is 5.69. The predicted octanol–water partition coefficient (Wildman–Crippen LogP) is 2.59. The molecular formula is C7H3Br2F2NO. The molecule has 13 heavy (non-hydrogen) atoms. The van der Waals surface area contributed by atoms with E-state index in [0.29, 0.717) is 6.07 Å². The van der Waals surface area contributed by atoms with E-state index in [0.717, 1.165) is 0 Å². The van der Waals surface area contributed by atoms with Crippen molar-refractivity contribution in [1.29, 1.82) is 0 Å². The van der Waals surface area contributed by atoms with Gasteiger partial charge >= 0.3 is 0 Å². The lowest BCUT2D eigenvalue weighted by atomic mass is 10.2. The van der Waals surface area contributed by atoms with Crippen LogP contribution >= 0.6 is 31.9 Å². The summed E-state index contributed by atoms with van der Waals surface area (Å²) in [4.78, 5) is 10.7. The molecule has 0 aliphatic carbocycles. The first-order chi connectivity index (χ1) is 5.95. The summed E-state index contributed by atoms with van der Waals surface area (Å²) in [5, 5.41) is 0. The summed E-state index contributed by atoms with van der Waals surface area (Å²) in [6, 6.07) is 0.592. The minimum absolute atomic E-state index is 0.0162. The first kappa shape index (κ1) is 10.6. The van der Waals surface area contributed by atoms with Gasteiger partial charge in [0.05, 0.1) is 14.5 Å². The molecule has 0 radical (unpaired) electrons. The Labute approximate surface area is 89.4 Å². The molecule has 0 atom stereocenters. The number of primary amides is 1. The van der Waals surface area contributed by atoms with Crippen molar-refractivity contribution >= 4 is 37.8 Å². The van der Waals surface area contributed by atoms with Crippen molar-refractivity contribution < 1.29 is 13.6 Å². The highest BCUT2D eigenvalue weighted by molar-refractivity contribution is 9.13. The van der Waals surface area contributed by atoms with Crippen LogP contribution in [0.5, 0.6) is 0 Å². The van der Waals surface area contributed by atoms with Crippen LogP contribution in [0.4, 0.5) is 8.78 Å². The lowest BCUT2D eigenvalue weighted by molar-refractivity contribution is 0.0995. The quantitative estimate of drug-likeness (QED) is 0.628. The van der Waals surface area contributed by atoms with Gasteiger partial charge in [-0.05, 0) is 31.9 Å². The first-order valence-corrected chi connectivity index (χ1v) is 4.66. The van der Waals surface area contributed by atoms with Crippen LogP contribution in [-0.4, -0.2) is 5.91 Å². The Morgan fingerprint density at radius 3 is 2.23 bits per heavy atom. The molecule has 0 aromatic heterocycles. The lowest BCUT2D eigenvalue weighted by Crippen LogP contribution is -2.14. The molecule has 0 unspecified atom stereocenters. The highest BCUT2D eigenvalue weighted by Gasteiger charge is 2.18. The van der Waals surface area contributed by atoms with Gasteiger partial charge in [-0.15, -0.1) is 0 Å². The molecule has 2 N–H and O–H groups in total. The normalized spacial score (nSPS) is 10.2. The van der Waals surface area contributed by atoms with Gasteiger partial charge in [-0.3, -0.25) is 4.79 Å². The van der Waals surface area contributed by atoms with E-state index in [1.54, 1.807) is 0 Å². The van der Waals surface area contributed by atoms with E-state index >= 15 is 0 Å². The Kier molecular flexibility index (Phi) is 3.02. The first-order valence-electron chi connectivity index (χ1n) is 3.08. The van der Waals surface area contributed by atoms with Crippen molar-refractivity contribution in [2.45, 2.75) is 0 Å². The van der Waals surface area contributed by atoms with Crippen molar-refractivity contribution in [3.8, 4) is 0 Å². The van der Waals surface area contributed by atoms with E-state index in [-0.39, 0.29) is 14.5 Å². The Morgan fingerprint density at radius 2 is 1.77 bits per heavy atom. The summed E-state index contributed by atoms with van der Waals surface area (Å²) in [5.74, 6) is -2.74. The van der Waals surface area contributed by atoms with Crippen molar-refractivity contribution in [2.24, 2.45) is 5.73 Å². The fourth-order valence-electron chi connectivity index (χ4n) is 0.792. The Bertz CT molecular complexity index is 381. The summed E-state index contributed by atoms with van der Waals surface area (Å²) in [6.07, 6.45) is 0. The summed E-state index contributed by atoms with van der Waals surface area (Å²) in [6.45, 7) is 0. The molecule has 0 saturated carbocycles. The molecule has 1 aromatic rings. The molecule has 0 saturated heterocycles. The average molecular weight is 315 g/mol. The van der Waals surface area contributed by atoms with Crippen LogP contribution in [0.15, 0.2) is 15.0 Å².